The summed E-state index contributed by atoms with van der Waals surface area (Å²) in [5, 5.41) is 19.7. The second-order valence-electron chi connectivity index (χ2n) is 6.57. The van der Waals surface area contributed by atoms with E-state index in [1.807, 2.05) is 16.8 Å². The number of carbonyl (C=O) groups is 2. The van der Waals surface area contributed by atoms with Gasteiger partial charge in [0.25, 0.3) is 0 Å². The number of aliphatic hydroxyl groups is 1. The highest BCUT2D eigenvalue weighted by atomic mass is 32.1. The molecule has 0 aromatic carbocycles. The number of hydrogen-bond donors (Lipinski definition) is 3. The summed E-state index contributed by atoms with van der Waals surface area (Å²) in [6.45, 7) is 3.46. The molecule has 23 heavy (non-hydrogen) atoms. The first kappa shape index (κ1) is 17.9. The zero-order chi connectivity index (χ0) is 16.9. The second-order valence-corrected chi connectivity index (χ2v) is 7.35. The van der Waals surface area contributed by atoms with Crippen molar-refractivity contribution in [3.8, 4) is 0 Å². The van der Waals surface area contributed by atoms with Crippen molar-refractivity contribution in [1.82, 2.24) is 10.6 Å². The molecule has 0 saturated heterocycles. The number of nitrogens with one attached hydrogen (secondary N) is 2. The van der Waals surface area contributed by atoms with Crippen molar-refractivity contribution >= 4 is 23.2 Å². The van der Waals surface area contributed by atoms with Crippen molar-refractivity contribution in [2.75, 3.05) is 6.54 Å². The van der Waals surface area contributed by atoms with Gasteiger partial charge >= 0.3 is 0 Å². The number of hydrogen-bond acceptors (Lipinski definition) is 4. The number of amides is 2. The molecule has 128 valence electrons. The van der Waals surface area contributed by atoms with Gasteiger partial charge in [0.1, 0.15) is 11.6 Å². The van der Waals surface area contributed by atoms with E-state index in [9.17, 15) is 14.7 Å². The van der Waals surface area contributed by atoms with Crippen LogP contribution in [0.2, 0.25) is 0 Å². The molecule has 5 nitrogen and oxygen atoms in total. The predicted molar refractivity (Wildman–Crippen MR) is 91.1 cm³/mol. The molecule has 1 saturated carbocycles. The van der Waals surface area contributed by atoms with E-state index < -0.39 is 11.6 Å². The van der Waals surface area contributed by atoms with E-state index in [0.717, 1.165) is 31.2 Å². The molecule has 1 heterocycles. The third kappa shape index (κ3) is 5.04. The van der Waals surface area contributed by atoms with E-state index in [2.05, 4.69) is 10.6 Å². The highest BCUT2D eigenvalue weighted by Gasteiger charge is 2.27. The molecule has 6 heteroatoms. The Hall–Kier alpha value is -1.40. The summed E-state index contributed by atoms with van der Waals surface area (Å²) in [4.78, 5) is 24.3. The second kappa shape index (κ2) is 7.93. The van der Waals surface area contributed by atoms with E-state index in [4.69, 9.17) is 0 Å². The van der Waals surface area contributed by atoms with Gasteiger partial charge in [0.2, 0.25) is 11.8 Å². The first-order valence-electron chi connectivity index (χ1n) is 8.23. The minimum absolute atomic E-state index is 0.0306. The molecule has 2 rings (SSSR count). The van der Waals surface area contributed by atoms with Crippen LogP contribution in [0.3, 0.4) is 0 Å². The number of carbonyl (C=O) groups excluding carboxylic acids is 2. The van der Waals surface area contributed by atoms with Crippen LogP contribution >= 0.6 is 11.3 Å². The molecule has 1 aromatic rings. The molecular weight excluding hydrogens is 312 g/mol. The fourth-order valence-corrected chi connectivity index (χ4v) is 3.63. The van der Waals surface area contributed by atoms with E-state index in [1.165, 1.54) is 17.8 Å². The molecule has 2 atom stereocenters. The highest BCUT2D eigenvalue weighted by molar-refractivity contribution is 7.08. The van der Waals surface area contributed by atoms with Crippen molar-refractivity contribution in [1.29, 1.82) is 0 Å². The van der Waals surface area contributed by atoms with Crippen LogP contribution in [0, 0.1) is 5.92 Å². The van der Waals surface area contributed by atoms with Gasteiger partial charge in [-0.25, -0.2) is 0 Å². The van der Waals surface area contributed by atoms with Gasteiger partial charge in [-0.2, -0.15) is 11.3 Å². The van der Waals surface area contributed by atoms with Crippen LogP contribution in [0.25, 0.3) is 0 Å². The fourth-order valence-electron chi connectivity index (χ4n) is 2.85. The quantitative estimate of drug-likeness (QED) is 0.744. The molecule has 0 radical (unpaired) electrons. The Balaban J connectivity index is 1.79. The van der Waals surface area contributed by atoms with Crippen molar-refractivity contribution in [3.63, 3.8) is 0 Å². The van der Waals surface area contributed by atoms with Gasteiger partial charge in [-0.15, -0.1) is 0 Å². The lowest BCUT2D eigenvalue weighted by Crippen LogP contribution is -2.49. The summed E-state index contributed by atoms with van der Waals surface area (Å²) in [5.74, 6) is -0.269. The molecule has 1 fully saturated rings. The van der Waals surface area contributed by atoms with E-state index in [-0.39, 0.29) is 24.3 Å². The minimum Gasteiger partial charge on any atom is -0.384 e. The maximum Gasteiger partial charge on any atom is 0.242 e. The average molecular weight is 338 g/mol. The van der Waals surface area contributed by atoms with Crippen LogP contribution in [-0.4, -0.2) is 29.5 Å². The molecule has 0 spiro atoms. The first-order chi connectivity index (χ1) is 10.9. The van der Waals surface area contributed by atoms with Crippen molar-refractivity contribution in [2.24, 2.45) is 5.92 Å². The molecule has 0 bridgehead atoms. The largest absolute Gasteiger partial charge is 0.384 e. The molecule has 0 aliphatic heterocycles. The Morgan fingerprint density at radius 3 is 2.70 bits per heavy atom. The summed E-state index contributed by atoms with van der Waals surface area (Å²) in [6.07, 6.45) is 5.18. The Morgan fingerprint density at radius 1 is 1.39 bits per heavy atom. The van der Waals surface area contributed by atoms with Gasteiger partial charge in [-0.1, -0.05) is 19.3 Å². The summed E-state index contributed by atoms with van der Waals surface area (Å²) in [7, 11) is 0. The van der Waals surface area contributed by atoms with Crippen LogP contribution in [0.15, 0.2) is 16.8 Å². The normalized spacial score (nSPS) is 19.6. The summed E-state index contributed by atoms with van der Waals surface area (Å²) < 4.78 is 0. The fraction of sp³-hybridized carbons (Fsp3) is 0.647. The maximum atomic E-state index is 12.2. The molecular formula is C17H26N2O3S. The third-order valence-corrected chi connectivity index (χ3v) is 5.16. The van der Waals surface area contributed by atoms with Gasteiger partial charge in [-0.05, 0) is 49.1 Å². The standard InChI is InChI=1S/C17H26N2O3S/c1-12(19-16(21)13-6-4-3-5-7-13)15(20)18-11-17(2,22)14-8-9-23-10-14/h8-10,12-13,22H,3-7,11H2,1-2H3,(H,18,20)(H,19,21)/t12-,17+/m0/s1. The zero-order valence-electron chi connectivity index (χ0n) is 13.8. The van der Waals surface area contributed by atoms with E-state index in [1.54, 1.807) is 13.8 Å². The Labute approximate surface area is 141 Å². The van der Waals surface area contributed by atoms with Gasteiger partial charge < -0.3 is 15.7 Å². The third-order valence-electron chi connectivity index (χ3n) is 4.48. The van der Waals surface area contributed by atoms with Crippen LogP contribution in [0.1, 0.15) is 51.5 Å². The summed E-state index contributed by atoms with van der Waals surface area (Å²) in [5.41, 5.74) is -0.329. The minimum atomic E-state index is -1.11. The average Bonchev–Trinajstić information content (AvgIpc) is 3.08. The van der Waals surface area contributed by atoms with Crippen LogP contribution < -0.4 is 10.6 Å². The summed E-state index contributed by atoms with van der Waals surface area (Å²) in [6, 6.07) is 1.24. The van der Waals surface area contributed by atoms with Crippen molar-refractivity contribution < 1.29 is 14.7 Å². The van der Waals surface area contributed by atoms with Crippen LogP contribution in [-0.2, 0) is 15.2 Å². The monoisotopic (exact) mass is 338 g/mol. The van der Waals surface area contributed by atoms with Crippen molar-refractivity contribution in [3.05, 3.63) is 22.4 Å². The predicted octanol–water partition coefficient (Wildman–Crippen LogP) is 2.16. The Morgan fingerprint density at radius 2 is 2.09 bits per heavy atom. The molecule has 1 aliphatic rings. The highest BCUT2D eigenvalue weighted by Crippen LogP contribution is 2.24. The smallest absolute Gasteiger partial charge is 0.242 e. The van der Waals surface area contributed by atoms with Gasteiger partial charge in [-0.3, -0.25) is 9.59 Å². The lowest BCUT2D eigenvalue weighted by Gasteiger charge is -2.25. The molecule has 1 aliphatic carbocycles. The first-order valence-corrected chi connectivity index (χ1v) is 9.17. The zero-order valence-corrected chi connectivity index (χ0v) is 14.6. The van der Waals surface area contributed by atoms with Crippen molar-refractivity contribution in [2.45, 2.75) is 57.6 Å². The summed E-state index contributed by atoms with van der Waals surface area (Å²) >= 11 is 1.50. The SMILES string of the molecule is C[C@H](NC(=O)C1CCCCC1)C(=O)NC[C@@](C)(O)c1ccsc1. The molecule has 1 aromatic heterocycles. The molecule has 3 N–H and O–H groups in total. The van der Waals surface area contributed by atoms with Gasteiger partial charge in [0.05, 0.1) is 6.54 Å². The van der Waals surface area contributed by atoms with Gasteiger partial charge in [0, 0.05) is 5.92 Å². The lowest BCUT2D eigenvalue weighted by atomic mass is 9.88. The topological polar surface area (TPSA) is 78.4 Å². The van der Waals surface area contributed by atoms with Crippen LogP contribution in [0.5, 0.6) is 0 Å². The van der Waals surface area contributed by atoms with Crippen LogP contribution in [0.4, 0.5) is 0 Å². The van der Waals surface area contributed by atoms with E-state index in [0.29, 0.717) is 0 Å². The number of rotatable bonds is 6. The molecule has 2 amide bonds. The molecule has 0 unspecified atom stereocenters. The maximum absolute atomic E-state index is 12.2. The Bertz CT molecular complexity index is 522. The van der Waals surface area contributed by atoms with Gasteiger partial charge in [0.15, 0.2) is 0 Å². The van der Waals surface area contributed by atoms with E-state index >= 15 is 0 Å². The Kier molecular flexibility index (Phi) is 6.18. The number of thiophene rings is 1. The lowest BCUT2D eigenvalue weighted by molar-refractivity contribution is -0.131.